The van der Waals surface area contributed by atoms with Gasteiger partial charge >= 0.3 is 22.4 Å². The summed E-state index contributed by atoms with van der Waals surface area (Å²) >= 11 is 0. The summed E-state index contributed by atoms with van der Waals surface area (Å²) in [5.74, 6) is 0. The van der Waals surface area contributed by atoms with Crippen molar-refractivity contribution in [3.8, 4) is 0 Å². The number of hydrogen-bond acceptors (Lipinski definition) is 2. The summed E-state index contributed by atoms with van der Waals surface area (Å²) in [4.78, 5) is 0. The summed E-state index contributed by atoms with van der Waals surface area (Å²) in [7, 11) is 0. The van der Waals surface area contributed by atoms with E-state index in [0.717, 1.165) is 0 Å². The second-order valence-electron chi connectivity index (χ2n) is 0.126. The second-order valence-corrected chi connectivity index (χ2v) is 0.126. The fraction of sp³-hybridized carbons (Fsp3) is 0. The van der Waals surface area contributed by atoms with Crippen molar-refractivity contribution < 1.29 is 41.6 Å². The van der Waals surface area contributed by atoms with Crippen LogP contribution in [0.5, 0.6) is 0 Å². The summed E-state index contributed by atoms with van der Waals surface area (Å²) in [5.41, 5.74) is 0. The maximum Gasteiger partial charge on any atom is 5.00 e. The van der Waals surface area contributed by atoms with Crippen LogP contribution >= 0.6 is 0 Å². The molecule has 0 aromatic heterocycles. The molecule has 0 atom stereocenters. The van der Waals surface area contributed by atoms with Crippen LogP contribution in [0.15, 0.2) is 0 Å². The van der Waals surface area contributed by atoms with E-state index in [1.54, 1.807) is 0 Å². The molecule has 0 bridgehead atoms. The zero-order valence-electron chi connectivity index (χ0n) is 2.02. The third-order valence-corrected chi connectivity index (χ3v) is 0.0238. The molecule has 5 heavy (non-hydrogen) atoms. The average Bonchev–Trinajstić information content (AvgIpc) is 1.37. The summed E-state index contributed by atoms with van der Waals surface area (Å²) in [5, 5.41) is 3.75. The minimum Gasteiger partial charge on any atom is -0.0122 e. The van der Waals surface area contributed by atoms with Gasteiger partial charge in [0.1, 0.15) is 0 Å². The van der Waals surface area contributed by atoms with Crippen molar-refractivity contribution in [2.45, 2.75) is 0 Å². The van der Waals surface area contributed by atoms with Gasteiger partial charge in [0.25, 0.3) is 0 Å². The summed E-state index contributed by atoms with van der Waals surface area (Å²) in [6, 6.07) is 0. The molecule has 0 radical (unpaired) electrons. The molecule has 0 aliphatic rings. The largest absolute Gasteiger partial charge is 5.00 e. The third-order valence-electron chi connectivity index (χ3n) is 0.0238. The smallest absolute Gasteiger partial charge is 0.0122 e. The molecule has 0 aliphatic carbocycles. The molecule has 0 rings (SSSR count). The van der Waals surface area contributed by atoms with Crippen LogP contribution in [0.4, 0.5) is 9.05 Å². The first-order valence-electron chi connectivity index (χ1n) is 0.475. The summed E-state index contributed by atoms with van der Waals surface area (Å²) < 4.78 is 19.2. The first kappa shape index (κ1) is 9.10. The van der Waals surface area contributed by atoms with Gasteiger partial charge in [0.05, 0.1) is 0 Å². The maximum atomic E-state index is 9.62. The van der Waals surface area contributed by atoms with E-state index in [9.17, 15) is 9.05 Å². The van der Waals surface area contributed by atoms with Crippen LogP contribution in [-0.4, -0.2) is 0 Å². The molecule has 0 heterocycles. The third kappa shape index (κ3) is 12.4. The molecule has 26 valence electrons. The van der Waals surface area contributed by atoms with E-state index in [-0.39, 0.29) is 22.4 Å². The van der Waals surface area contributed by atoms with Crippen LogP contribution < -0.4 is 0 Å². The minimum atomic E-state index is 0. The van der Waals surface area contributed by atoms with Gasteiger partial charge in [-0.15, -0.1) is 0 Å². The Morgan fingerprint density at radius 3 is 1.20 bits per heavy atom. The summed E-state index contributed by atoms with van der Waals surface area (Å²) in [6.45, 7) is 0. The predicted molar refractivity (Wildman–Crippen MR) is 4.39 cm³/mol. The zero-order chi connectivity index (χ0) is 3.41. The molecule has 5 heteroatoms. The van der Waals surface area contributed by atoms with Gasteiger partial charge in [0.2, 0.25) is 0 Å². The Morgan fingerprint density at radius 2 is 1.20 bits per heavy atom. The Hall–Kier alpha value is 0.520. The maximum absolute atomic E-state index is 9.62. The van der Waals surface area contributed by atoms with Crippen molar-refractivity contribution in [1.82, 2.24) is 0 Å². The van der Waals surface area contributed by atoms with Gasteiger partial charge in [-0.05, 0) is 9.05 Å². The molecular weight excluding hydrogens is 163 g/mol. The van der Waals surface area contributed by atoms with E-state index in [0.29, 0.717) is 0 Å². The van der Waals surface area contributed by atoms with Gasteiger partial charge < -0.3 is 0 Å². The van der Waals surface area contributed by atoms with Gasteiger partial charge in [0, 0.05) is 10.2 Å². The van der Waals surface area contributed by atoms with Crippen LogP contribution in [0.25, 0.3) is 0 Å². The first-order chi connectivity index (χ1) is 1.91. The van der Waals surface area contributed by atoms with E-state index in [1.165, 1.54) is 0 Å². The molecule has 0 fully saturated rings. The van der Waals surface area contributed by atoms with Gasteiger partial charge in [-0.1, -0.05) is 0 Å². The molecule has 0 unspecified atom stereocenters. The SMILES string of the molecule is FOOF.[Nb+5]. The molecule has 0 saturated heterocycles. The van der Waals surface area contributed by atoms with Crippen LogP contribution in [0, 0.1) is 0 Å². The predicted octanol–water partition coefficient (Wildman–Crippen LogP) is 0.701. The van der Waals surface area contributed by atoms with Gasteiger partial charge in [-0.2, -0.15) is 0 Å². The Labute approximate surface area is 42.3 Å². The van der Waals surface area contributed by atoms with E-state index in [1.807, 2.05) is 10.2 Å². The number of hydrogen-bond donors (Lipinski definition) is 0. The zero-order valence-corrected chi connectivity index (χ0v) is 4.22. The minimum absolute atomic E-state index is 0. The molecule has 0 amide bonds. The van der Waals surface area contributed by atoms with Crippen molar-refractivity contribution in [1.29, 1.82) is 0 Å². The Kier molecular flexibility index (Phi) is 16.1. The first-order valence-corrected chi connectivity index (χ1v) is 0.475. The van der Waals surface area contributed by atoms with Crippen molar-refractivity contribution >= 4 is 0 Å². The van der Waals surface area contributed by atoms with E-state index in [4.69, 9.17) is 0 Å². The van der Waals surface area contributed by atoms with Crippen LogP contribution in [0.2, 0.25) is 0 Å². The van der Waals surface area contributed by atoms with Gasteiger partial charge in [-0.3, -0.25) is 0 Å². The van der Waals surface area contributed by atoms with Crippen LogP contribution in [0.3, 0.4) is 0 Å². The van der Waals surface area contributed by atoms with Crippen LogP contribution in [0.1, 0.15) is 0 Å². The average molecular weight is 163 g/mol. The normalized spacial score (nSPS) is 6.00. The van der Waals surface area contributed by atoms with Gasteiger partial charge in [0.15, 0.2) is 0 Å². The van der Waals surface area contributed by atoms with Crippen molar-refractivity contribution in [3.63, 3.8) is 0 Å². The Bertz CT molecular complexity index is 9.61. The fourth-order valence-corrected chi connectivity index (χ4v) is 0. The molecule has 2 nitrogen and oxygen atoms in total. The molecule has 0 saturated carbocycles. The molecule has 0 aromatic rings. The van der Waals surface area contributed by atoms with E-state index in [2.05, 4.69) is 0 Å². The Morgan fingerprint density at radius 1 is 1.00 bits per heavy atom. The fourth-order valence-electron chi connectivity index (χ4n) is 0. The van der Waals surface area contributed by atoms with E-state index < -0.39 is 0 Å². The topological polar surface area (TPSA) is 18.5 Å². The molecular formula is F2NbO2+5. The molecule has 0 spiro atoms. The molecule has 0 aliphatic heterocycles. The molecule has 0 N–H and O–H groups in total. The Balaban J connectivity index is 0. The number of rotatable bonds is 1. The van der Waals surface area contributed by atoms with Gasteiger partial charge in [-0.25, -0.2) is 0 Å². The van der Waals surface area contributed by atoms with Crippen LogP contribution in [-0.2, 0) is 32.6 Å². The van der Waals surface area contributed by atoms with Crippen molar-refractivity contribution in [2.24, 2.45) is 0 Å². The second kappa shape index (κ2) is 8.82. The van der Waals surface area contributed by atoms with Crippen molar-refractivity contribution in [3.05, 3.63) is 0 Å². The van der Waals surface area contributed by atoms with E-state index >= 15 is 0 Å². The molecule has 0 aromatic carbocycles. The van der Waals surface area contributed by atoms with Crippen molar-refractivity contribution in [2.75, 3.05) is 0 Å². The quantitative estimate of drug-likeness (QED) is 0.321. The monoisotopic (exact) mass is 163 g/mol. The number of halogens is 2. The standard InChI is InChI=1S/F2O2.Nb/c1-3-4-2;/q;+5. The summed E-state index contributed by atoms with van der Waals surface area (Å²) in [6.07, 6.45) is 0.